The first kappa shape index (κ1) is 25.4. The van der Waals surface area contributed by atoms with Gasteiger partial charge >= 0.3 is 0 Å². The van der Waals surface area contributed by atoms with Crippen molar-refractivity contribution in [1.29, 1.82) is 0 Å². The van der Waals surface area contributed by atoms with Gasteiger partial charge in [0, 0.05) is 12.0 Å². The maximum absolute atomic E-state index is 11.8. The van der Waals surface area contributed by atoms with Crippen LogP contribution in [0.25, 0.3) is 0 Å². The van der Waals surface area contributed by atoms with Crippen molar-refractivity contribution in [3.8, 4) is 0 Å². The second-order valence-electron chi connectivity index (χ2n) is 7.16. The van der Waals surface area contributed by atoms with Gasteiger partial charge in [-0.05, 0) is 51.9 Å². The molecule has 0 unspecified atom stereocenters. The Balaban J connectivity index is 3.65. The minimum absolute atomic E-state index is 0.0182. The van der Waals surface area contributed by atoms with Gasteiger partial charge in [-0.25, -0.2) is 0 Å². The van der Waals surface area contributed by atoms with Crippen molar-refractivity contribution in [1.82, 2.24) is 5.32 Å². The Bertz CT molecular complexity index is 463. The highest BCUT2D eigenvalue weighted by atomic mass is 16.3. The van der Waals surface area contributed by atoms with Crippen molar-refractivity contribution in [2.75, 3.05) is 6.61 Å². The number of carbonyl (C=O) groups excluding carboxylic acids is 1. The van der Waals surface area contributed by atoms with Crippen LogP contribution in [0.3, 0.4) is 0 Å². The van der Waals surface area contributed by atoms with E-state index in [0.717, 1.165) is 32.1 Å². The zero-order valence-electron chi connectivity index (χ0n) is 17.7. The molecule has 27 heavy (non-hydrogen) atoms. The molecule has 0 aromatic heterocycles. The van der Waals surface area contributed by atoms with Crippen molar-refractivity contribution in [2.45, 2.75) is 84.6 Å². The number of aliphatic hydroxyl groups excluding tert-OH is 1. The normalized spacial score (nSPS) is 14.7. The molecule has 0 radical (unpaired) electrons. The number of rotatable bonds is 16. The Morgan fingerprint density at radius 2 is 1.37 bits per heavy atom. The first-order valence-electron chi connectivity index (χ1n) is 10.6. The quantitative estimate of drug-likeness (QED) is 0.262. The SMILES string of the molecule is CCCCC/C=C\C/C=C\C/C=C\C/C=C\CC[C@@H](C)C(=O)N[C@H](C)CO. The number of amides is 1. The van der Waals surface area contributed by atoms with Gasteiger partial charge in [-0.15, -0.1) is 0 Å². The van der Waals surface area contributed by atoms with Crippen molar-refractivity contribution in [3.05, 3.63) is 48.6 Å². The lowest BCUT2D eigenvalue weighted by molar-refractivity contribution is -0.125. The van der Waals surface area contributed by atoms with Gasteiger partial charge in [-0.2, -0.15) is 0 Å². The van der Waals surface area contributed by atoms with Crippen LogP contribution in [-0.2, 0) is 4.79 Å². The van der Waals surface area contributed by atoms with E-state index in [4.69, 9.17) is 5.11 Å². The maximum atomic E-state index is 11.8. The lowest BCUT2D eigenvalue weighted by Gasteiger charge is -2.15. The van der Waals surface area contributed by atoms with Crippen LogP contribution in [0, 0.1) is 5.92 Å². The molecule has 3 nitrogen and oxygen atoms in total. The number of hydrogen-bond donors (Lipinski definition) is 2. The second-order valence-corrected chi connectivity index (χ2v) is 7.16. The van der Waals surface area contributed by atoms with Crippen LogP contribution in [0.4, 0.5) is 0 Å². The Labute approximate surface area is 167 Å². The fraction of sp³-hybridized carbons (Fsp3) is 0.625. The Morgan fingerprint density at radius 3 is 1.89 bits per heavy atom. The highest BCUT2D eigenvalue weighted by Crippen LogP contribution is 2.07. The Kier molecular flexibility index (Phi) is 18.0. The number of allylic oxidation sites excluding steroid dienone is 8. The smallest absolute Gasteiger partial charge is 0.223 e. The van der Waals surface area contributed by atoms with Crippen LogP contribution in [-0.4, -0.2) is 23.7 Å². The lowest BCUT2D eigenvalue weighted by atomic mass is 10.0. The predicted octanol–water partition coefficient (Wildman–Crippen LogP) is 5.88. The van der Waals surface area contributed by atoms with Gasteiger partial charge in [0.1, 0.15) is 0 Å². The highest BCUT2D eigenvalue weighted by Gasteiger charge is 2.13. The van der Waals surface area contributed by atoms with Gasteiger partial charge in [0.25, 0.3) is 0 Å². The van der Waals surface area contributed by atoms with Crippen molar-refractivity contribution >= 4 is 5.91 Å². The summed E-state index contributed by atoms with van der Waals surface area (Å²) in [6.45, 7) is 5.95. The van der Waals surface area contributed by atoms with E-state index in [2.05, 4.69) is 60.8 Å². The van der Waals surface area contributed by atoms with E-state index in [-0.39, 0.29) is 24.5 Å². The Hall–Kier alpha value is -1.61. The van der Waals surface area contributed by atoms with Crippen LogP contribution >= 0.6 is 0 Å². The molecular formula is C24H41NO2. The first-order valence-corrected chi connectivity index (χ1v) is 10.6. The molecule has 0 aliphatic heterocycles. The standard InChI is InChI=1S/C24H41NO2/c1-4-5-6-7-8-9-10-11-12-13-14-15-16-17-18-19-20-22(2)24(27)25-23(3)21-26/h8-9,11-12,14-15,17-18,22-23,26H,4-7,10,13,16,19-21H2,1-3H3,(H,25,27)/b9-8-,12-11-,15-14-,18-17-/t22-,23-/m1/s1. The summed E-state index contributed by atoms with van der Waals surface area (Å²) in [7, 11) is 0. The summed E-state index contributed by atoms with van der Waals surface area (Å²) in [6.07, 6.45) is 27.5. The molecule has 2 N–H and O–H groups in total. The van der Waals surface area contributed by atoms with E-state index in [1.54, 1.807) is 6.92 Å². The zero-order valence-corrected chi connectivity index (χ0v) is 17.7. The lowest BCUT2D eigenvalue weighted by Crippen LogP contribution is -2.38. The number of unbranched alkanes of at least 4 members (excludes halogenated alkanes) is 3. The molecule has 0 saturated heterocycles. The average molecular weight is 376 g/mol. The number of aliphatic hydroxyl groups is 1. The Morgan fingerprint density at radius 1 is 0.852 bits per heavy atom. The van der Waals surface area contributed by atoms with E-state index >= 15 is 0 Å². The van der Waals surface area contributed by atoms with Gasteiger partial charge in [-0.3, -0.25) is 4.79 Å². The van der Waals surface area contributed by atoms with Gasteiger partial charge in [0.15, 0.2) is 0 Å². The van der Waals surface area contributed by atoms with Crippen LogP contribution in [0.1, 0.15) is 78.6 Å². The summed E-state index contributed by atoms with van der Waals surface area (Å²) >= 11 is 0. The van der Waals surface area contributed by atoms with Gasteiger partial charge in [-0.1, -0.05) is 75.3 Å². The molecule has 0 aromatic rings. The van der Waals surface area contributed by atoms with Crippen LogP contribution in [0.2, 0.25) is 0 Å². The molecule has 2 atom stereocenters. The third-order valence-corrected chi connectivity index (χ3v) is 4.33. The van der Waals surface area contributed by atoms with Gasteiger partial charge < -0.3 is 10.4 Å². The molecule has 0 aliphatic rings. The topological polar surface area (TPSA) is 49.3 Å². The molecule has 1 amide bonds. The number of nitrogens with one attached hydrogen (secondary N) is 1. The van der Waals surface area contributed by atoms with Gasteiger partial charge in [0.05, 0.1) is 6.61 Å². The minimum atomic E-state index is -0.170. The van der Waals surface area contributed by atoms with E-state index in [0.29, 0.717) is 0 Å². The molecule has 0 spiro atoms. The molecule has 0 rings (SSSR count). The van der Waals surface area contributed by atoms with Crippen LogP contribution < -0.4 is 5.32 Å². The maximum Gasteiger partial charge on any atom is 0.223 e. The fourth-order valence-corrected chi connectivity index (χ4v) is 2.47. The molecule has 0 saturated carbocycles. The molecule has 0 heterocycles. The zero-order chi connectivity index (χ0) is 20.2. The average Bonchev–Trinajstić information content (AvgIpc) is 2.67. The second kappa shape index (κ2) is 19.2. The third-order valence-electron chi connectivity index (χ3n) is 4.33. The van der Waals surface area contributed by atoms with Crippen molar-refractivity contribution in [3.63, 3.8) is 0 Å². The monoisotopic (exact) mass is 375 g/mol. The van der Waals surface area contributed by atoms with E-state index in [1.165, 1.54) is 25.7 Å². The van der Waals surface area contributed by atoms with Crippen LogP contribution in [0.15, 0.2) is 48.6 Å². The summed E-state index contributed by atoms with van der Waals surface area (Å²) in [4.78, 5) is 11.8. The molecular weight excluding hydrogens is 334 g/mol. The summed E-state index contributed by atoms with van der Waals surface area (Å²) in [6, 6.07) is -0.170. The van der Waals surface area contributed by atoms with Crippen LogP contribution in [0.5, 0.6) is 0 Å². The van der Waals surface area contributed by atoms with E-state index in [1.807, 2.05) is 6.92 Å². The molecule has 0 aromatic carbocycles. The third kappa shape index (κ3) is 17.6. The number of hydrogen-bond acceptors (Lipinski definition) is 2. The molecule has 0 aliphatic carbocycles. The van der Waals surface area contributed by atoms with Crippen molar-refractivity contribution in [2.24, 2.45) is 5.92 Å². The minimum Gasteiger partial charge on any atom is -0.394 e. The molecule has 0 bridgehead atoms. The summed E-state index contributed by atoms with van der Waals surface area (Å²) in [5, 5.41) is 11.7. The largest absolute Gasteiger partial charge is 0.394 e. The predicted molar refractivity (Wildman–Crippen MR) is 118 cm³/mol. The molecule has 3 heteroatoms. The first-order chi connectivity index (χ1) is 13.1. The van der Waals surface area contributed by atoms with Gasteiger partial charge in [0.2, 0.25) is 5.91 Å². The summed E-state index contributed by atoms with van der Waals surface area (Å²) in [5.74, 6) is -0.00235. The fourth-order valence-electron chi connectivity index (χ4n) is 2.47. The van der Waals surface area contributed by atoms with E-state index < -0.39 is 0 Å². The molecule has 154 valence electrons. The van der Waals surface area contributed by atoms with E-state index in [9.17, 15) is 4.79 Å². The molecule has 0 fully saturated rings. The highest BCUT2D eigenvalue weighted by molar-refractivity contribution is 5.78. The van der Waals surface area contributed by atoms with Crippen molar-refractivity contribution < 1.29 is 9.90 Å². The number of carbonyl (C=O) groups is 1. The summed E-state index contributed by atoms with van der Waals surface area (Å²) < 4.78 is 0. The summed E-state index contributed by atoms with van der Waals surface area (Å²) in [5.41, 5.74) is 0.